The first-order chi connectivity index (χ1) is 6.77. The third kappa shape index (κ3) is 1.67. The van der Waals surface area contributed by atoms with Crippen LogP contribution in [0.15, 0.2) is 48.7 Å². The second-order valence-electron chi connectivity index (χ2n) is 3.54. The molecule has 70 valence electrons. The molecule has 0 amide bonds. The first-order valence-electron chi connectivity index (χ1n) is 4.79. The van der Waals surface area contributed by atoms with E-state index in [9.17, 15) is 0 Å². The van der Waals surface area contributed by atoms with Crippen LogP contribution in [0.1, 0.15) is 5.69 Å². The van der Waals surface area contributed by atoms with E-state index in [1.807, 2.05) is 6.07 Å². The van der Waals surface area contributed by atoms with Gasteiger partial charge in [-0.3, -0.25) is 0 Å². The lowest BCUT2D eigenvalue weighted by Crippen LogP contribution is -2.31. The van der Waals surface area contributed by atoms with Gasteiger partial charge in [0.25, 0.3) is 0 Å². The van der Waals surface area contributed by atoms with Crippen LogP contribution in [0.5, 0.6) is 0 Å². The number of nitrogens with zero attached hydrogens (tertiary/aromatic N) is 1. The van der Waals surface area contributed by atoms with Crippen LogP contribution in [0.2, 0.25) is 0 Å². The molecular weight excluding hydrogens is 170 g/mol. The molecule has 0 radical (unpaired) electrons. The molecular formula is C13H14N+. The van der Waals surface area contributed by atoms with Crippen LogP contribution in [0.4, 0.5) is 0 Å². The smallest absolute Gasteiger partial charge is 0.177 e. The highest BCUT2D eigenvalue weighted by atomic mass is 14.9. The molecule has 0 atom stereocenters. The van der Waals surface area contributed by atoms with Crippen molar-refractivity contribution in [1.29, 1.82) is 0 Å². The quantitative estimate of drug-likeness (QED) is 0.599. The fraction of sp³-hybridized carbons (Fsp3) is 0.154. The summed E-state index contributed by atoms with van der Waals surface area (Å²) in [7, 11) is 2.07. The predicted molar refractivity (Wildman–Crippen MR) is 57.8 cm³/mol. The van der Waals surface area contributed by atoms with Gasteiger partial charge in [0, 0.05) is 18.6 Å². The second-order valence-corrected chi connectivity index (χ2v) is 3.54. The van der Waals surface area contributed by atoms with Crippen molar-refractivity contribution < 1.29 is 4.57 Å². The summed E-state index contributed by atoms with van der Waals surface area (Å²) in [4.78, 5) is 0. The first-order valence-corrected chi connectivity index (χ1v) is 4.79. The fourth-order valence-corrected chi connectivity index (χ4v) is 1.48. The van der Waals surface area contributed by atoms with E-state index in [4.69, 9.17) is 0 Å². The van der Waals surface area contributed by atoms with E-state index < -0.39 is 0 Å². The third-order valence-corrected chi connectivity index (χ3v) is 2.50. The fourth-order valence-electron chi connectivity index (χ4n) is 1.48. The summed E-state index contributed by atoms with van der Waals surface area (Å²) < 4.78 is 2.14. The molecule has 0 aliphatic heterocycles. The minimum atomic E-state index is 1.26. The highest BCUT2D eigenvalue weighted by molar-refractivity contribution is 5.61. The zero-order valence-corrected chi connectivity index (χ0v) is 8.57. The normalized spacial score (nSPS) is 10.1. The van der Waals surface area contributed by atoms with Crippen molar-refractivity contribution in [3.63, 3.8) is 0 Å². The Morgan fingerprint density at radius 2 is 1.57 bits per heavy atom. The van der Waals surface area contributed by atoms with Gasteiger partial charge < -0.3 is 0 Å². The summed E-state index contributed by atoms with van der Waals surface area (Å²) in [5.41, 5.74) is 3.80. The molecule has 1 aromatic carbocycles. The van der Waals surface area contributed by atoms with Crippen molar-refractivity contribution in [3.8, 4) is 11.1 Å². The van der Waals surface area contributed by atoms with Crippen LogP contribution in [-0.4, -0.2) is 0 Å². The van der Waals surface area contributed by atoms with Crippen molar-refractivity contribution >= 4 is 0 Å². The summed E-state index contributed by atoms with van der Waals surface area (Å²) in [6.07, 6.45) is 2.16. The van der Waals surface area contributed by atoms with Gasteiger partial charge in [-0.2, -0.15) is 0 Å². The van der Waals surface area contributed by atoms with Crippen LogP contribution in [0.25, 0.3) is 11.1 Å². The molecule has 1 heterocycles. The number of rotatable bonds is 1. The Bertz CT molecular complexity index is 432. The van der Waals surface area contributed by atoms with Crippen LogP contribution < -0.4 is 4.57 Å². The average molecular weight is 184 g/mol. The molecule has 2 rings (SSSR count). The Morgan fingerprint density at radius 1 is 0.857 bits per heavy atom. The molecule has 0 spiro atoms. The Balaban J connectivity index is 2.48. The molecule has 0 saturated heterocycles. The maximum atomic E-state index is 2.16. The van der Waals surface area contributed by atoms with Gasteiger partial charge in [0.1, 0.15) is 7.05 Å². The van der Waals surface area contributed by atoms with Crippen LogP contribution in [0, 0.1) is 6.92 Å². The van der Waals surface area contributed by atoms with E-state index in [1.54, 1.807) is 0 Å². The van der Waals surface area contributed by atoms with Crippen LogP contribution >= 0.6 is 0 Å². The largest absolute Gasteiger partial charge is 0.205 e. The topological polar surface area (TPSA) is 3.88 Å². The lowest BCUT2D eigenvalue weighted by atomic mass is 10.1. The molecule has 0 bridgehead atoms. The van der Waals surface area contributed by atoms with E-state index >= 15 is 0 Å². The van der Waals surface area contributed by atoms with E-state index in [1.165, 1.54) is 16.8 Å². The molecule has 1 aromatic heterocycles. The molecule has 0 N–H and O–H groups in total. The Labute approximate surface area is 84.6 Å². The first kappa shape index (κ1) is 8.95. The van der Waals surface area contributed by atoms with E-state index in [2.05, 4.69) is 61.1 Å². The summed E-state index contributed by atoms with van der Waals surface area (Å²) in [6, 6.07) is 14.7. The van der Waals surface area contributed by atoms with Gasteiger partial charge in [-0.25, -0.2) is 4.57 Å². The summed E-state index contributed by atoms with van der Waals surface area (Å²) >= 11 is 0. The van der Waals surface area contributed by atoms with Gasteiger partial charge in [0.15, 0.2) is 11.9 Å². The SMILES string of the molecule is Cc1ccc(-c2ccccc2)c[n+]1C. The summed E-state index contributed by atoms with van der Waals surface area (Å²) in [5.74, 6) is 0. The molecule has 14 heavy (non-hydrogen) atoms. The number of hydrogen-bond acceptors (Lipinski definition) is 0. The van der Waals surface area contributed by atoms with Crippen molar-refractivity contribution in [3.05, 3.63) is 54.4 Å². The number of benzene rings is 1. The highest BCUT2D eigenvalue weighted by Gasteiger charge is 2.03. The molecule has 0 saturated carbocycles. The van der Waals surface area contributed by atoms with Gasteiger partial charge in [0.05, 0.1) is 0 Å². The van der Waals surface area contributed by atoms with Crippen molar-refractivity contribution in [2.24, 2.45) is 7.05 Å². The second kappa shape index (κ2) is 3.62. The van der Waals surface area contributed by atoms with Crippen LogP contribution in [-0.2, 0) is 7.05 Å². The Morgan fingerprint density at radius 3 is 2.21 bits per heavy atom. The van der Waals surface area contributed by atoms with Crippen molar-refractivity contribution in [2.75, 3.05) is 0 Å². The number of aromatic nitrogens is 1. The summed E-state index contributed by atoms with van der Waals surface area (Å²) in [6.45, 7) is 2.11. The summed E-state index contributed by atoms with van der Waals surface area (Å²) in [5, 5.41) is 0. The van der Waals surface area contributed by atoms with Gasteiger partial charge in [-0.15, -0.1) is 0 Å². The zero-order chi connectivity index (χ0) is 9.97. The maximum absolute atomic E-state index is 2.16. The molecule has 0 fully saturated rings. The van der Waals surface area contributed by atoms with Crippen LogP contribution in [0.3, 0.4) is 0 Å². The minimum Gasteiger partial charge on any atom is -0.205 e. The third-order valence-electron chi connectivity index (χ3n) is 2.50. The number of hydrogen-bond donors (Lipinski definition) is 0. The Kier molecular flexibility index (Phi) is 2.32. The lowest BCUT2D eigenvalue weighted by molar-refractivity contribution is -0.677. The van der Waals surface area contributed by atoms with E-state index in [0.717, 1.165) is 0 Å². The standard InChI is InChI=1S/C13H14N/c1-11-8-9-13(10-14(11)2)12-6-4-3-5-7-12/h3-10H,1-2H3/q+1. The van der Waals surface area contributed by atoms with E-state index in [0.29, 0.717) is 0 Å². The minimum absolute atomic E-state index is 1.26. The molecule has 0 unspecified atom stereocenters. The monoisotopic (exact) mass is 184 g/mol. The molecule has 0 aliphatic carbocycles. The maximum Gasteiger partial charge on any atom is 0.177 e. The van der Waals surface area contributed by atoms with Crippen molar-refractivity contribution in [2.45, 2.75) is 6.92 Å². The van der Waals surface area contributed by atoms with Gasteiger partial charge in [-0.05, 0) is 11.6 Å². The average Bonchev–Trinajstić information content (AvgIpc) is 2.23. The van der Waals surface area contributed by atoms with Gasteiger partial charge in [-0.1, -0.05) is 30.3 Å². The molecule has 2 aromatic rings. The molecule has 1 heteroatoms. The zero-order valence-electron chi connectivity index (χ0n) is 8.57. The van der Waals surface area contributed by atoms with Crippen molar-refractivity contribution in [1.82, 2.24) is 0 Å². The van der Waals surface area contributed by atoms with E-state index in [-0.39, 0.29) is 0 Å². The lowest BCUT2D eigenvalue weighted by Gasteiger charge is -2.00. The Hall–Kier alpha value is -1.63. The highest BCUT2D eigenvalue weighted by Crippen LogP contribution is 2.16. The van der Waals surface area contributed by atoms with Gasteiger partial charge in [0.2, 0.25) is 0 Å². The predicted octanol–water partition coefficient (Wildman–Crippen LogP) is 2.49. The van der Waals surface area contributed by atoms with Gasteiger partial charge >= 0.3 is 0 Å². The number of pyridine rings is 1. The molecule has 1 nitrogen and oxygen atoms in total. The number of aryl methyl sites for hydroxylation is 2. The molecule has 0 aliphatic rings.